The Morgan fingerprint density at radius 3 is 2.33 bits per heavy atom. The van der Waals surface area contributed by atoms with Crippen LogP contribution in [0, 0.1) is 6.92 Å². The molecule has 0 aromatic heterocycles. The molecule has 0 unspecified atom stereocenters. The topological polar surface area (TPSA) is 0 Å². The monoisotopic (exact) mass is 280 g/mol. The molecule has 0 bridgehead atoms. The number of benzene rings is 2. The lowest BCUT2D eigenvalue weighted by atomic mass is 10.00. The summed E-state index contributed by atoms with van der Waals surface area (Å²) in [4.78, 5) is 0. The van der Waals surface area contributed by atoms with Crippen LogP contribution in [0.3, 0.4) is 0 Å². The summed E-state index contributed by atoms with van der Waals surface area (Å²) >= 11 is 0. The van der Waals surface area contributed by atoms with E-state index in [4.69, 9.17) is 0 Å². The molecule has 0 radical (unpaired) electrons. The van der Waals surface area contributed by atoms with Gasteiger partial charge in [0.05, 0.1) is 0 Å². The molecule has 0 saturated carbocycles. The molecule has 0 N–H and O–H groups in total. The van der Waals surface area contributed by atoms with E-state index in [1.165, 1.54) is 66.8 Å². The molecule has 0 amide bonds. The predicted octanol–water partition coefficient (Wildman–Crippen LogP) is 6.91. The number of unbranched alkanes of at least 4 members (excludes halogenated alkanes) is 6. The summed E-state index contributed by atoms with van der Waals surface area (Å²) in [5, 5.41) is 2.75. The second-order valence-corrected chi connectivity index (χ2v) is 5.98. The SMILES string of the molecule is CCCCCCCC/C=C/c1ccc(C)c2ccccc12. The number of fused-ring (bicyclic) bond motifs is 1. The van der Waals surface area contributed by atoms with Gasteiger partial charge in [0.1, 0.15) is 0 Å². The van der Waals surface area contributed by atoms with Crippen LogP contribution in [0.2, 0.25) is 0 Å². The Hall–Kier alpha value is -1.56. The van der Waals surface area contributed by atoms with Crippen molar-refractivity contribution in [2.24, 2.45) is 0 Å². The zero-order valence-electron chi connectivity index (χ0n) is 13.6. The van der Waals surface area contributed by atoms with E-state index in [1.54, 1.807) is 0 Å². The average Bonchev–Trinajstić information content (AvgIpc) is 2.52. The first-order chi connectivity index (χ1) is 10.3. The van der Waals surface area contributed by atoms with Crippen molar-refractivity contribution in [2.45, 2.75) is 58.8 Å². The maximum absolute atomic E-state index is 2.34. The highest BCUT2D eigenvalue weighted by Gasteiger charge is 1.99. The lowest BCUT2D eigenvalue weighted by Crippen LogP contribution is -1.82. The quantitative estimate of drug-likeness (QED) is 0.461. The third-order valence-corrected chi connectivity index (χ3v) is 4.20. The summed E-state index contributed by atoms with van der Waals surface area (Å²) in [5.74, 6) is 0. The molecule has 0 heteroatoms. The Kier molecular flexibility index (Phi) is 6.53. The largest absolute Gasteiger partial charge is 0.0839 e. The summed E-state index contributed by atoms with van der Waals surface area (Å²) in [6.07, 6.45) is 14.1. The zero-order chi connectivity index (χ0) is 14.9. The normalized spacial score (nSPS) is 11.5. The lowest BCUT2D eigenvalue weighted by molar-refractivity contribution is 0.611. The Bertz CT molecular complexity index is 578. The Morgan fingerprint density at radius 1 is 0.810 bits per heavy atom. The van der Waals surface area contributed by atoms with Crippen molar-refractivity contribution in [3.05, 3.63) is 53.6 Å². The predicted molar refractivity (Wildman–Crippen MR) is 95.7 cm³/mol. The third-order valence-electron chi connectivity index (χ3n) is 4.20. The van der Waals surface area contributed by atoms with Crippen LogP contribution >= 0.6 is 0 Å². The molecule has 0 aliphatic rings. The van der Waals surface area contributed by atoms with E-state index in [-0.39, 0.29) is 0 Å². The van der Waals surface area contributed by atoms with Gasteiger partial charge in [-0.15, -0.1) is 0 Å². The van der Waals surface area contributed by atoms with Crippen LogP contribution in [-0.2, 0) is 0 Å². The minimum Gasteiger partial charge on any atom is -0.0839 e. The Labute approximate surface area is 129 Å². The molecule has 0 aliphatic heterocycles. The van der Waals surface area contributed by atoms with E-state index in [0.29, 0.717) is 0 Å². The maximum atomic E-state index is 2.34. The molecule has 0 fully saturated rings. The van der Waals surface area contributed by atoms with Gasteiger partial charge in [-0.3, -0.25) is 0 Å². The Morgan fingerprint density at radius 2 is 1.52 bits per heavy atom. The number of allylic oxidation sites excluding steroid dienone is 1. The lowest BCUT2D eigenvalue weighted by Gasteiger charge is -2.05. The van der Waals surface area contributed by atoms with E-state index in [2.05, 4.69) is 62.4 Å². The molecule has 2 aromatic carbocycles. The Balaban J connectivity index is 1.88. The van der Waals surface area contributed by atoms with Crippen molar-refractivity contribution in [2.75, 3.05) is 0 Å². The summed E-state index contributed by atoms with van der Waals surface area (Å²) in [6.45, 7) is 4.46. The molecule has 0 heterocycles. The van der Waals surface area contributed by atoms with Crippen molar-refractivity contribution in [3.8, 4) is 0 Å². The minimum atomic E-state index is 1.20. The zero-order valence-corrected chi connectivity index (χ0v) is 13.6. The van der Waals surface area contributed by atoms with Crippen molar-refractivity contribution in [1.82, 2.24) is 0 Å². The molecule has 112 valence electrons. The fraction of sp³-hybridized carbons (Fsp3) is 0.429. The molecule has 2 rings (SSSR count). The van der Waals surface area contributed by atoms with Crippen LogP contribution in [0.15, 0.2) is 42.5 Å². The van der Waals surface area contributed by atoms with Crippen molar-refractivity contribution >= 4 is 16.8 Å². The summed E-state index contributed by atoms with van der Waals surface area (Å²) in [7, 11) is 0. The maximum Gasteiger partial charge on any atom is -0.0109 e. The molecule has 0 nitrogen and oxygen atoms in total. The highest BCUT2D eigenvalue weighted by atomic mass is 14.0. The summed E-state index contributed by atoms with van der Waals surface area (Å²) < 4.78 is 0. The van der Waals surface area contributed by atoms with Crippen molar-refractivity contribution in [1.29, 1.82) is 0 Å². The van der Waals surface area contributed by atoms with E-state index in [9.17, 15) is 0 Å². The summed E-state index contributed by atoms with van der Waals surface area (Å²) in [5.41, 5.74) is 2.71. The number of hydrogen-bond donors (Lipinski definition) is 0. The van der Waals surface area contributed by atoms with Crippen LogP contribution in [0.1, 0.15) is 63.0 Å². The van der Waals surface area contributed by atoms with Gasteiger partial charge in [-0.1, -0.05) is 87.6 Å². The molecule has 0 aliphatic carbocycles. The first-order valence-corrected chi connectivity index (χ1v) is 8.48. The van der Waals surface area contributed by atoms with Gasteiger partial charge in [0.2, 0.25) is 0 Å². The van der Waals surface area contributed by atoms with E-state index in [0.717, 1.165) is 0 Å². The number of hydrogen-bond acceptors (Lipinski definition) is 0. The van der Waals surface area contributed by atoms with Gasteiger partial charge in [0, 0.05) is 0 Å². The molecule has 0 atom stereocenters. The van der Waals surface area contributed by atoms with Gasteiger partial charge in [0.25, 0.3) is 0 Å². The molecule has 2 aromatic rings. The number of rotatable bonds is 8. The van der Waals surface area contributed by atoms with Crippen LogP contribution in [0.25, 0.3) is 16.8 Å². The van der Waals surface area contributed by atoms with Crippen molar-refractivity contribution in [3.63, 3.8) is 0 Å². The van der Waals surface area contributed by atoms with E-state index in [1.807, 2.05) is 0 Å². The van der Waals surface area contributed by atoms with Gasteiger partial charge < -0.3 is 0 Å². The molecule has 0 spiro atoms. The number of aryl methyl sites for hydroxylation is 1. The van der Waals surface area contributed by atoms with Crippen LogP contribution < -0.4 is 0 Å². The molecular weight excluding hydrogens is 252 g/mol. The second-order valence-electron chi connectivity index (χ2n) is 5.98. The van der Waals surface area contributed by atoms with Gasteiger partial charge in [0.15, 0.2) is 0 Å². The van der Waals surface area contributed by atoms with Gasteiger partial charge in [-0.2, -0.15) is 0 Å². The van der Waals surface area contributed by atoms with Crippen LogP contribution in [-0.4, -0.2) is 0 Å². The van der Waals surface area contributed by atoms with Gasteiger partial charge >= 0.3 is 0 Å². The first-order valence-electron chi connectivity index (χ1n) is 8.48. The third kappa shape index (κ3) is 4.74. The standard InChI is InChI=1S/C21H28/c1-3-4-5-6-7-8-9-10-13-19-17-16-18(2)20-14-11-12-15-21(19)20/h10-17H,3-9H2,1-2H3/b13-10+. The average molecular weight is 280 g/mol. The minimum absolute atomic E-state index is 1.20. The van der Waals surface area contributed by atoms with Gasteiger partial charge in [-0.25, -0.2) is 0 Å². The molecular formula is C21H28. The fourth-order valence-electron chi connectivity index (χ4n) is 2.87. The van der Waals surface area contributed by atoms with Crippen LogP contribution in [0.4, 0.5) is 0 Å². The van der Waals surface area contributed by atoms with E-state index >= 15 is 0 Å². The summed E-state index contributed by atoms with van der Waals surface area (Å²) in [6, 6.07) is 13.2. The van der Waals surface area contributed by atoms with E-state index < -0.39 is 0 Å². The molecule has 0 saturated heterocycles. The highest BCUT2D eigenvalue weighted by molar-refractivity contribution is 5.92. The fourth-order valence-corrected chi connectivity index (χ4v) is 2.87. The second kappa shape index (κ2) is 8.67. The first kappa shape index (κ1) is 15.8. The highest BCUT2D eigenvalue weighted by Crippen LogP contribution is 2.23. The van der Waals surface area contributed by atoms with Crippen LogP contribution in [0.5, 0.6) is 0 Å². The molecule has 21 heavy (non-hydrogen) atoms. The van der Waals surface area contributed by atoms with Crippen molar-refractivity contribution < 1.29 is 0 Å². The smallest absolute Gasteiger partial charge is 0.0109 e. The van der Waals surface area contributed by atoms with Gasteiger partial charge in [-0.05, 0) is 41.7 Å².